The van der Waals surface area contributed by atoms with Gasteiger partial charge in [0.1, 0.15) is 0 Å². The monoisotopic (exact) mass is 324 g/mol. The van der Waals surface area contributed by atoms with E-state index >= 15 is 0 Å². The number of nitrogens with two attached hydrogens (primary N) is 1. The molecular weight excluding hydrogens is 312 g/mol. The Labute approximate surface area is 120 Å². The molecule has 0 aliphatic rings. The summed E-state index contributed by atoms with van der Waals surface area (Å²) in [7, 11) is 0. The van der Waals surface area contributed by atoms with E-state index < -0.39 is 0 Å². The van der Waals surface area contributed by atoms with E-state index in [0.717, 1.165) is 21.3 Å². The number of halogens is 2. The number of rotatable bonds is 3. The predicted molar refractivity (Wildman–Crippen MR) is 78.8 cm³/mol. The second-order valence-electron chi connectivity index (χ2n) is 4.30. The van der Waals surface area contributed by atoms with E-state index in [1.165, 1.54) is 0 Å². The van der Waals surface area contributed by atoms with Crippen LogP contribution in [0.1, 0.15) is 22.9 Å². The van der Waals surface area contributed by atoms with Crippen molar-refractivity contribution in [1.82, 2.24) is 4.98 Å². The topological polar surface area (TPSA) is 38.9 Å². The molecule has 0 saturated heterocycles. The first kappa shape index (κ1) is 13.5. The van der Waals surface area contributed by atoms with Gasteiger partial charge in [-0.25, -0.2) is 0 Å². The van der Waals surface area contributed by atoms with Crippen molar-refractivity contribution in [3.05, 3.63) is 62.8 Å². The molecule has 1 unspecified atom stereocenters. The molecule has 4 heteroatoms. The van der Waals surface area contributed by atoms with Gasteiger partial charge >= 0.3 is 0 Å². The highest BCUT2D eigenvalue weighted by Gasteiger charge is 2.11. The number of benzene rings is 1. The van der Waals surface area contributed by atoms with Crippen molar-refractivity contribution in [2.24, 2.45) is 5.73 Å². The average molecular weight is 326 g/mol. The van der Waals surface area contributed by atoms with Crippen LogP contribution < -0.4 is 5.73 Å². The summed E-state index contributed by atoms with van der Waals surface area (Å²) in [5.41, 5.74) is 9.39. The van der Waals surface area contributed by atoms with Gasteiger partial charge in [0.2, 0.25) is 0 Å². The maximum absolute atomic E-state index is 6.20. The number of aromatic nitrogens is 1. The van der Waals surface area contributed by atoms with E-state index in [1.807, 2.05) is 43.5 Å². The second-order valence-corrected chi connectivity index (χ2v) is 5.59. The largest absolute Gasteiger partial charge is 0.324 e. The summed E-state index contributed by atoms with van der Waals surface area (Å²) in [6, 6.07) is 9.63. The third kappa shape index (κ3) is 3.31. The Morgan fingerprint density at radius 2 is 2.11 bits per heavy atom. The summed E-state index contributed by atoms with van der Waals surface area (Å²) in [4.78, 5) is 4.37. The molecule has 2 N–H and O–H groups in total. The van der Waals surface area contributed by atoms with E-state index in [2.05, 4.69) is 20.9 Å². The summed E-state index contributed by atoms with van der Waals surface area (Å²) in [6.07, 6.45) is 2.57. The molecule has 2 rings (SSSR count). The van der Waals surface area contributed by atoms with Gasteiger partial charge in [0, 0.05) is 33.8 Å². The van der Waals surface area contributed by atoms with E-state index in [1.54, 1.807) is 0 Å². The lowest BCUT2D eigenvalue weighted by atomic mass is 10.0. The van der Waals surface area contributed by atoms with Crippen LogP contribution >= 0.6 is 27.5 Å². The fourth-order valence-electron chi connectivity index (χ4n) is 1.76. The zero-order valence-electron chi connectivity index (χ0n) is 10.0. The minimum absolute atomic E-state index is 0.0909. The molecule has 0 fully saturated rings. The van der Waals surface area contributed by atoms with Crippen molar-refractivity contribution < 1.29 is 0 Å². The number of hydrogen-bond donors (Lipinski definition) is 1. The van der Waals surface area contributed by atoms with Gasteiger partial charge in [0.05, 0.1) is 0 Å². The fraction of sp³-hybridized carbons (Fsp3) is 0.214. The van der Waals surface area contributed by atoms with Crippen LogP contribution in [0.15, 0.2) is 41.0 Å². The Hall–Kier alpha value is -0.900. The first-order valence-electron chi connectivity index (χ1n) is 5.68. The van der Waals surface area contributed by atoms with Crippen LogP contribution in [0, 0.1) is 6.92 Å². The van der Waals surface area contributed by atoms with Crippen LogP contribution in [0.3, 0.4) is 0 Å². The number of pyridine rings is 1. The molecule has 18 heavy (non-hydrogen) atoms. The van der Waals surface area contributed by atoms with Crippen molar-refractivity contribution in [2.75, 3.05) is 0 Å². The van der Waals surface area contributed by atoms with Gasteiger partial charge in [-0.05, 0) is 36.2 Å². The molecule has 0 amide bonds. The summed E-state index contributed by atoms with van der Waals surface area (Å²) in [6.45, 7) is 2.02. The first-order valence-corrected chi connectivity index (χ1v) is 6.85. The molecule has 2 nitrogen and oxygen atoms in total. The molecule has 1 aromatic carbocycles. The fourth-order valence-corrected chi connectivity index (χ4v) is 2.73. The van der Waals surface area contributed by atoms with Crippen molar-refractivity contribution in [1.29, 1.82) is 0 Å². The molecule has 1 heterocycles. The minimum Gasteiger partial charge on any atom is -0.324 e. The Morgan fingerprint density at radius 1 is 1.33 bits per heavy atom. The van der Waals surface area contributed by atoms with Gasteiger partial charge in [-0.1, -0.05) is 39.7 Å². The quantitative estimate of drug-likeness (QED) is 0.924. The lowest BCUT2D eigenvalue weighted by molar-refractivity contribution is 0.703. The highest BCUT2D eigenvalue weighted by Crippen LogP contribution is 2.27. The van der Waals surface area contributed by atoms with E-state index in [4.69, 9.17) is 17.3 Å². The standard InChI is InChI=1S/C14H14BrClN2/c1-9-2-4-11(18-8-9)7-14(17)12-5-3-10(16)6-13(12)15/h2-6,8,14H,7,17H2,1H3. The van der Waals surface area contributed by atoms with Gasteiger partial charge in [0.15, 0.2) is 0 Å². The zero-order valence-corrected chi connectivity index (χ0v) is 12.4. The van der Waals surface area contributed by atoms with E-state index in [0.29, 0.717) is 11.4 Å². The van der Waals surface area contributed by atoms with Crippen LogP contribution in [0.25, 0.3) is 0 Å². The zero-order chi connectivity index (χ0) is 13.1. The maximum Gasteiger partial charge on any atom is 0.0422 e. The normalized spacial score (nSPS) is 12.4. The first-order chi connectivity index (χ1) is 8.56. The Kier molecular flexibility index (Phi) is 4.38. The van der Waals surface area contributed by atoms with Crippen molar-refractivity contribution in [3.63, 3.8) is 0 Å². The minimum atomic E-state index is -0.0909. The smallest absolute Gasteiger partial charge is 0.0422 e. The van der Waals surface area contributed by atoms with Crippen LogP contribution in [-0.2, 0) is 6.42 Å². The summed E-state index contributed by atoms with van der Waals surface area (Å²) in [5.74, 6) is 0. The Morgan fingerprint density at radius 3 is 2.72 bits per heavy atom. The molecule has 1 atom stereocenters. The lowest BCUT2D eigenvalue weighted by Crippen LogP contribution is -2.14. The SMILES string of the molecule is Cc1ccc(CC(N)c2ccc(Cl)cc2Br)nc1. The van der Waals surface area contributed by atoms with E-state index in [-0.39, 0.29) is 6.04 Å². The summed E-state index contributed by atoms with van der Waals surface area (Å²) >= 11 is 9.40. The molecule has 0 aliphatic heterocycles. The molecule has 0 bridgehead atoms. The van der Waals surface area contributed by atoms with Gasteiger partial charge in [0.25, 0.3) is 0 Å². The van der Waals surface area contributed by atoms with Crippen molar-refractivity contribution in [3.8, 4) is 0 Å². The number of hydrogen-bond acceptors (Lipinski definition) is 2. The molecule has 2 aromatic rings. The molecule has 0 radical (unpaired) electrons. The maximum atomic E-state index is 6.20. The highest BCUT2D eigenvalue weighted by molar-refractivity contribution is 9.10. The molecule has 0 saturated carbocycles. The lowest BCUT2D eigenvalue weighted by Gasteiger charge is -2.13. The van der Waals surface area contributed by atoms with Crippen LogP contribution in [-0.4, -0.2) is 4.98 Å². The number of aryl methyl sites for hydroxylation is 1. The predicted octanol–water partition coefficient (Wildman–Crippen LogP) is 4.05. The molecule has 0 aliphatic carbocycles. The summed E-state index contributed by atoms with van der Waals surface area (Å²) < 4.78 is 0.939. The van der Waals surface area contributed by atoms with Gasteiger partial charge < -0.3 is 5.73 Å². The Balaban J connectivity index is 2.16. The molecule has 94 valence electrons. The van der Waals surface area contributed by atoms with Crippen molar-refractivity contribution >= 4 is 27.5 Å². The second kappa shape index (κ2) is 5.83. The van der Waals surface area contributed by atoms with Crippen LogP contribution in [0.2, 0.25) is 5.02 Å². The summed E-state index contributed by atoms with van der Waals surface area (Å²) in [5, 5.41) is 0.700. The molecule has 0 spiro atoms. The molecular formula is C14H14BrClN2. The average Bonchev–Trinajstić information content (AvgIpc) is 2.32. The van der Waals surface area contributed by atoms with E-state index in [9.17, 15) is 0 Å². The van der Waals surface area contributed by atoms with Gasteiger partial charge in [-0.2, -0.15) is 0 Å². The highest BCUT2D eigenvalue weighted by atomic mass is 79.9. The Bertz CT molecular complexity index is 540. The third-order valence-corrected chi connectivity index (χ3v) is 3.69. The van der Waals surface area contributed by atoms with Crippen LogP contribution in [0.4, 0.5) is 0 Å². The van der Waals surface area contributed by atoms with Gasteiger partial charge in [-0.15, -0.1) is 0 Å². The number of nitrogens with zero attached hydrogens (tertiary/aromatic N) is 1. The molecule has 1 aromatic heterocycles. The van der Waals surface area contributed by atoms with Crippen LogP contribution in [0.5, 0.6) is 0 Å². The third-order valence-electron chi connectivity index (χ3n) is 2.76. The van der Waals surface area contributed by atoms with Crippen molar-refractivity contribution in [2.45, 2.75) is 19.4 Å². The van der Waals surface area contributed by atoms with Gasteiger partial charge in [-0.3, -0.25) is 4.98 Å².